The summed E-state index contributed by atoms with van der Waals surface area (Å²) in [6.45, 7) is 5.40. The van der Waals surface area contributed by atoms with Crippen LogP contribution in [0.15, 0.2) is 30.3 Å². The molecule has 0 radical (unpaired) electrons. The molecule has 1 fully saturated rings. The molecule has 0 aromatic heterocycles. The fraction of sp³-hybridized carbons (Fsp3) is 0.667. The molecule has 0 spiro atoms. The Kier molecular flexibility index (Phi) is 8.33. The summed E-state index contributed by atoms with van der Waals surface area (Å²) in [7, 11) is 0. The zero-order valence-corrected chi connectivity index (χ0v) is 13.5. The van der Waals surface area contributed by atoms with Gasteiger partial charge in [-0.15, -0.1) is 0 Å². The van der Waals surface area contributed by atoms with Crippen LogP contribution in [-0.4, -0.2) is 19.0 Å². The maximum Gasteiger partial charge on any atom is 0.251 e. The quantitative estimate of drug-likeness (QED) is 0.612. The second kappa shape index (κ2) is 9.75. The Bertz CT molecular complexity index is 351. The molecule has 1 aromatic rings. The van der Waals surface area contributed by atoms with E-state index in [0.717, 1.165) is 5.69 Å². The summed E-state index contributed by atoms with van der Waals surface area (Å²) in [4.78, 5) is 2.01. The number of anilines is 1. The van der Waals surface area contributed by atoms with Crippen molar-refractivity contribution < 1.29 is 8.78 Å². The minimum atomic E-state index is -2.45. The standard InChI is InChI=1S/C11H13F2N.C7H16/c12-11(13)6-8-14(9-7-11)10-4-2-1-3-5-10;1-3-5-7-6-4-2/h1-5H,6-9H2;3-7H2,1-2H3. The van der Waals surface area contributed by atoms with Gasteiger partial charge in [0.05, 0.1) is 0 Å². The molecule has 0 N–H and O–H groups in total. The van der Waals surface area contributed by atoms with E-state index in [0.29, 0.717) is 13.1 Å². The van der Waals surface area contributed by atoms with Crippen molar-refractivity contribution in [1.82, 2.24) is 0 Å². The molecule has 1 nitrogen and oxygen atoms in total. The van der Waals surface area contributed by atoms with E-state index in [4.69, 9.17) is 0 Å². The third-order valence-corrected chi connectivity index (χ3v) is 3.82. The van der Waals surface area contributed by atoms with Crippen LogP contribution in [0.2, 0.25) is 0 Å². The summed E-state index contributed by atoms with van der Waals surface area (Å²) in [6.07, 6.45) is 6.96. The van der Waals surface area contributed by atoms with E-state index in [1.807, 2.05) is 35.2 Å². The van der Waals surface area contributed by atoms with Crippen LogP contribution in [0, 0.1) is 0 Å². The highest BCUT2D eigenvalue weighted by Gasteiger charge is 2.33. The maximum atomic E-state index is 12.9. The number of hydrogen-bond acceptors (Lipinski definition) is 1. The van der Waals surface area contributed by atoms with Crippen LogP contribution in [0.4, 0.5) is 14.5 Å². The van der Waals surface area contributed by atoms with Crippen LogP contribution >= 0.6 is 0 Å². The lowest BCUT2D eigenvalue weighted by Crippen LogP contribution is -2.39. The first-order valence-corrected chi connectivity index (χ1v) is 8.27. The SMILES string of the molecule is CCCCCCC.FC1(F)CCN(c2ccccc2)CC1. The molecular formula is C18H29F2N. The van der Waals surface area contributed by atoms with Crippen LogP contribution in [0.5, 0.6) is 0 Å². The molecular weight excluding hydrogens is 268 g/mol. The first-order valence-electron chi connectivity index (χ1n) is 8.27. The van der Waals surface area contributed by atoms with E-state index in [1.165, 1.54) is 32.1 Å². The summed E-state index contributed by atoms with van der Waals surface area (Å²) in [5.74, 6) is -2.45. The van der Waals surface area contributed by atoms with Gasteiger partial charge in [0, 0.05) is 31.6 Å². The first-order chi connectivity index (χ1) is 10.1. The second-order valence-electron chi connectivity index (χ2n) is 5.74. The number of nitrogens with zero attached hydrogens (tertiary/aromatic N) is 1. The molecule has 0 aliphatic carbocycles. The summed E-state index contributed by atoms with van der Waals surface area (Å²) in [5, 5.41) is 0. The van der Waals surface area contributed by atoms with E-state index >= 15 is 0 Å². The topological polar surface area (TPSA) is 3.24 Å². The molecule has 2 rings (SSSR count). The molecule has 0 bridgehead atoms. The summed E-state index contributed by atoms with van der Waals surface area (Å²) in [5.41, 5.74) is 1.04. The summed E-state index contributed by atoms with van der Waals surface area (Å²) < 4.78 is 25.7. The van der Waals surface area contributed by atoms with E-state index in [9.17, 15) is 8.78 Å². The zero-order chi connectivity index (χ0) is 15.6. The number of rotatable bonds is 5. The van der Waals surface area contributed by atoms with Gasteiger partial charge in [-0.1, -0.05) is 64.2 Å². The number of halogens is 2. The van der Waals surface area contributed by atoms with Gasteiger partial charge in [-0.25, -0.2) is 8.78 Å². The molecule has 0 atom stereocenters. The van der Waals surface area contributed by atoms with Gasteiger partial charge in [-0.2, -0.15) is 0 Å². The van der Waals surface area contributed by atoms with Crippen molar-refractivity contribution in [1.29, 1.82) is 0 Å². The molecule has 21 heavy (non-hydrogen) atoms. The molecule has 3 heteroatoms. The van der Waals surface area contributed by atoms with Crippen LogP contribution < -0.4 is 4.90 Å². The Labute approximate surface area is 128 Å². The summed E-state index contributed by atoms with van der Waals surface area (Å²) >= 11 is 0. The summed E-state index contributed by atoms with van der Waals surface area (Å²) in [6, 6.07) is 9.72. The average Bonchev–Trinajstić information content (AvgIpc) is 2.49. The minimum absolute atomic E-state index is 0.0259. The van der Waals surface area contributed by atoms with Gasteiger partial charge in [0.15, 0.2) is 0 Å². The minimum Gasteiger partial charge on any atom is -0.371 e. The molecule has 1 aliphatic heterocycles. The number of para-hydroxylation sites is 1. The Morgan fingerprint density at radius 2 is 1.43 bits per heavy atom. The first kappa shape index (κ1) is 17.9. The van der Waals surface area contributed by atoms with Crippen molar-refractivity contribution in [2.75, 3.05) is 18.0 Å². The number of alkyl halides is 2. The highest BCUT2D eigenvalue weighted by Crippen LogP contribution is 2.30. The number of unbranched alkanes of at least 4 members (excludes halogenated alkanes) is 4. The van der Waals surface area contributed by atoms with E-state index in [1.54, 1.807) is 0 Å². The lowest BCUT2D eigenvalue weighted by molar-refractivity contribution is -0.0220. The van der Waals surface area contributed by atoms with Gasteiger partial charge in [0.1, 0.15) is 0 Å². The highest BCUT2D eigenvalue weighted by molar-refractivity contribution is 5.46. The fourth-order valence-corrected chi connectivity index (χ4v) is 2.41. The lowest BCUT2D eigenvalue weighted by atomic mass is 10.1. The lowest BCUT2D eigenvalue weighted by Gasteiger charge is -2.33. The molecule has 120 valence electrons. The van der Waals surface area contributed by atoms with E-state index in [-0.39, 0.29) is 12.8 Å². The normalized spacial score (nSPS) is 17.0. The monoisotopic (exact) mass is 297 g/mol. The molecule has 1 heterocycles. The van der Waals surface area contributed by atoms with Gasteiger partial charge in [0.2, 0.25) is 0 Å². The molecule has 0 unspecified atom stereocenters. The van der Waals surface area contributed by atoms with E-state index < -0.39 is 5.92 Å². The Balaban J connectivity index is 0.000000270. The van der Waals surface area contributed by atoms with Crippen molar-refractivity contribution >= 4 is 5.69 Å². The van der Waals surface area contributed by atoms with Gasteiger partial charge in [-0.05, 0) is 12.1 Å². The molecule has 1 aromatic carbocycles. The van der Waals surface area contributed by atoms with Gasteiger partial charge in [-0.3, -0.25) is 0 Å². The van der Waals surface area contributed by atoms with Crippen molar-refractivity contribution in [3.8, 4) is 0 Å². The number of hydrogen-bond donors (Lipinski definition) is 0. The maximum absolute atomic E-state index is 12.9. The van der Waals surface area contributed by atoms with Crippen molar-refractivity contribution in [3.63, 3.8) is 0 Å². The Hall–Kier alpha value is -1.12. The zero-order valence-electron chi connectivity index (χ0n) is 13.5. The predicted octanol–water partition coefficient (Wildman–Crippen LogP) is 5.90. The fourth-order valence-electron chi connectivity index (χ4n) is 2.41. The van der Waals surface area contributed by atoms with Gasteiger partial charge < -0.3 is 4.90 Å². The number of piperidine rings is 1. The average molecular weight is 297 g/mol. The third-order valence-electron chi connectivity index (χ3n) is 3.82. The van der Waals surface area contributed by atoms with Crippen LogP contribution in [-0.2, 0) is 0 Å². The second-order valence-corrected chi connectivity index (χ2v) is 5.74. The van der Waals surface area contributed by atoms with Crippen LogP contribution in [0.3, 0.4) is 0 Å². The van der Waals surface area contributed by atoms with Crippen molar-refractivity contribution in [3.05, 3.63) is 30.3 Å². The molecule has 1 saturated heterocycles. The van der Waals surface area contributed by atoms with E-state index in [2.05, 4.69) is 13.8 Å². The number of benzene rings is 1. The predicted molar refractivity (Wildman–Crippen MR) is 87.3 cm³/mol. The van der Waals surface area contributed by atoms with Gasteiger partial charge >= 0.3 is 0 Å². The Morgan fingerprint density at radius 3 is 1.90 bits per heavy atom. The van der Waals surface area contributed by atoms with Crippen molar-refractivity contribution in [2.45, 2.75) is 64.7 Å². The Morgan fingerprint density at radius 1 is 0.905 bits per heavy atom. The van der Waals surface area contributed by atoms with Gasteiger partial charge in [0.25, 0.3) is 5.92 Å². The third kappa shape index (κ3) is 7.45. The smallest absolute Gasteiger partial charge is 0.251 e. The van der Waals surface area contributed by atoms with Crippen LogP contribution in [0.1, 0.15) is 58.8 Å². The van der Waals surface area contributed by atoms with Crippen molar-refractivity contribution in [2.24, 2.45) is 0 Å². The molecule has 1 aliphatic rings. The largest absolute Gasteiger partial charge is 0.371 e. The van der Waals surface area contributed by atoms with Crippen LogP contribution in [0.25, 0.3) is 0 Å². The molecule has 0 amide bonds. The highest BCUT2D eigenvalue weighted by atomic mass is 19.3. The molecule has 0 saturated carbocycles.